The number of alkyl carbamates (subject to hydrolysis) is 1. The first-order valence-corrected chi connectivity index (χ1v) is 9.93. The summed E-state index contributed by atoms with van der Waals surface area (Å²) in [6.07, 6.45) is 2.39. The Morgan fingerprint density at radius 2 is 1.78 bits per heavy atom. The molecule has 0 atom stereocenters. The first kappa shape index (κ1) is 23.5. The zero-order chi connectivity index (χ0) is 20.3. The molecule has 27 heavy (non-hydrogen) atoms. The van der Waals surface area contributed by atoms with Crippen molar-refractivity contribution >= 4 is 12.1 Å². The third-order valence-corrected chi connectivity index (χ3v) is 4.56. The van der Waals surface area contributed by atoms with Crippen molar-refractivity contribution in [3.8, 4) is 0 Å². The zero-order valence-corrected chi connectivity index (χ0v) is 18.0. The molecule has 0 aliphatic carbocycles. The number of carbonyl (C=O) groups is 1. The van der Waals surface area contributed by atoms with Crippen LogP contribution in [-0.4, -0.2) is 81.6 Å². The highest BCUT2D eigenvalue weighted by molar-refractivity contribution is 5.79. The van der Waals surface area contributed by atoms with E-state index in [4.69, 9.17) is 14.5 Å². The van der Waals surface area contributed by atoms with Gasteiger partial charge in [-0.05, 0) is 61.1 Å². The topological polar surface area (TPSA) is 87.2 Å². The van der Waals surface area contributed by atoms with Gasteiger partial charge in [0, 0.05) is 38.4 Å². The minimum atomic E-state index is -0.472. The van der Waals surface area contributed by atoms with Crippen molar-refractivity contribution in [3.63, 3.8) is 0 Å². The van der Waals surface area contributed by atoms with E-state index in [-0.39, 0.29) is 11.6 Å². The van der Waals surface area contributed by atoms with E-state index in [9.17, 15) is 4.79 Å². The van der Waals surface area contributed by atoms with Crippen LogP contribution in [0.5, 0.6) is 0 Å². The van der Waals surface area contributed by atoms with E-state index < -0.39 is 5.60 Å². The van der Waals surface area contributed by atoms with Gasteiger partial charge in [0.25, 0.3) is 0 Å². The van der Waals surface area contributed by atoms with Gasteiger partial charge in [-0.1, -0.05) is 0 Å². The molecule has 0 aromatic rings. The SMILES string of the molecule is CCNC(=NCC1(N(C)C)CCOCC1)NCCCNC(=O)OC(C)(C)C. The molecule has 8 heteroatoms. The summed E-state index contributed by atoms with van der Waals surface area (Å²) in [6, 6.07) is 0. The van der Waals surface area contributed by atoms with E-state index in [1.165, 1.54) is 0 Å². The predicted octanol–water partition coefficient (Wildman–Crippen LogP) is 1.57. The summed E-state index contributed by atoms with van der Waals surface area (Å²) in [4.78, 5) is 18.7. The van der Waals surface area contributed by atoms with Crippen LogP contribution in [0.3, 0.4) is 0 Å². The highest BCUT2D eigenvalue weighted by Gasteiger charge is 2.34. The standard InChI is InChI=1S/C19H39N5O3/c1-7-20-16(21-11-8-12-22-17(25)27-18(2,3)4)23-15-19(24(5)6)9-13-26-14-10-19/h7-15H2,1-6H3,(H,22,25)(H2,20,21,23). The lowest BCUT2D eigenvalue weighted by molar-refractivity contribution is -0.00255. The molecule has 158 valence electrons. The van der Waals surface area contributed by atoms with Crippen LogP contribution in [0, 0.1) is 0 Å². The molecule has 0 saturated carbocycles. The van der Waals surface area contributed by atoms with E-state index in [2.05, 4.69) is 41.9 Å². The van der Waals surface area contributed by atoms with Crippen molar-refractivity contribution in [3.05, 3.63) is 0 Å². The monoisotopic (exact) mass is 385 g/mol. The molecule has 0 radical (unpaired) electrons. The number of hydrogen-bond acceptors (Lipinski definition) is 5. The number of aliphatic imine (C=N–C) groups is 1. The lowest BCUT2D eigenvalue weighted by atomic mass is 9.89. The van der Waals surface area contributed by atoms with Gasteiger partial charge in [-0.2, -0.15) is 0 Å². The van der Waals surface area contributed by atoms with Gasteiger partial charge in [-0.3, -0.25) is 4.99 Å². The maximum Gasteiger partial charge on any atom is 0.407 e. The highest BCUT2D eigenvalue weighted by atomic mass is 16.6. The van der Waals surface area contributed by atoms with Gasteiger partial charge in [0.05, 0.1) is 6.54 Å². The smallest absolute Gasteiger partial charge is 0.407 e. The normalized spacial score (nSPS) is 17.5. The largest absolute Gasteiger partial charge is 0.444 e. The molecule has 1 saturated heterocycles. The van der Waals surface area contributed by atoms with Crippen molar-refractivity contribution in [2.45, 2.75) is 58.1 Å². The van der Waals surface area contributed by atoms with Crippen molar-refractivity contribution < 1.29 is 14.3 Å². The fourth-order valence-electron chi connectivity index (χ4n) is 2.87. The Balaban J connectivity index is 2.42. The summed E-state index contributed by atoms with van der Waals surface area (Å²) in [5.74, 6) is 0.808. The van der Waals surface area contributed by atoms with E-state index in [0.29, 0.717) is 6.54 Å². The lowest BCUT2D eigenvalue weighted by Crippen LogP contribution is -2.51. The van der Waals surface area contributed by atoms with Crippen LogP contribution in [0.4, 0.5) is 4.79 Å². The Hall–Kier alpha value is -1.54. The molecular formula is C19H39N5O3. The second-order valence-electron chi connectivity index (χ2n) is 8.14. The molecule has 3 N–H and O–H groups in total. The molecule has 0 unspecified atom stereocenters. The molecule has 0 bridgehead atoms. The summed E-state index contributed by atoms with van der Waals surface area (Å²) in [5, 5.41) is 9.39. The van der Waals surface area contributed by atoms with Crippen LogP contribution < -0.4 is 16.0 Å². The number of guanidine groups is 1. The first-order chi connectivity index (χ1) is 12.7. The minimum Gasteiger partial charge on any atom is -0.444 e. The summed E-state index contributed by atoms with van der Waals surface area (Å²) < 4.78 is 10.7. The zero-order valence-electron chi connectivity index (χ0n) is 18.0. The van der Waals surface area contributed by atoms with Crippen LogP contribution in [0.2, 0.25) is 0 Å². The number of nitrogens with zero attached hydrogens (tertiary/aromatic N) is 2. The molecule has 0 spiro atoms. The molecule has 0 aromatic carbocycles. The average Bonchev–Trinajstić information content (AvgIpc) is 2.58. The van der Waals surface area contributed by atoms with E-state index >= 15 is 0 Å². The summed E-state index contributed by atoms with van der Waals surface area (Å²) >= 11 is 0. The van der Waals surface area contributed by atoms with Crippen LogP contribution in [0.25, 0.3) is 0 Å². The Bertz CT molecular complexity index is 468. The third-order valence-electron chi connectivity index (χ3n) is 4.56. The van der Waals surface area contributed by atoms with Crippen molar-refractivity contribution in [1.82, 2.24) is 20.9 Å². The molecule has 1 heterocycles. The fraction of sp³-hybridized carbons (Fsp3) is 0.895. The molecule has 1 aliphatic rings. The summed E-state index contributed by atoms with van der Waals surface area (Å²) in [6.45, 7) is 12.0. The molecule has 1 amide bonds. The maximum atomic E-state index is 11.6. The predicted molar refractivity (Wildman–Crippen MR) is 109 cm³/mol. The van der Waals surface area contributed by atoms with Gasteiger partial charge in [0.2, 0.25) is 0 Å². The number of ether oxygens (including phenoxy) is 2. The molecule has 1 fully saturated rings. The van der Waals surface area contributed by atoms with Gasteiger partial charge in [-0.25, -0.2) is 4.79 Å². The number of hydrogen-bond donors (Lipinski definition) is 3. The number of likely N-dealkylation sites (N-methyl/N-ethyl adjacent to an activating group) is 1. The van der Waals surface area contributed by atoms with Crippen molar-refractivity contribution in [2.24, 2.45) is 4.99 Å². The Morgan fingerprint density at radius 3 is 2.33 bits per heavy atom. The van der Waals surface area contributed by atoms with E-state index in [1.807, 2.05) is 20.8 Å². The quantitative estimate of drug-likeness (QED) is 0.334. The Morgan fingerprint density at radius 1 is 1.15 bits per heavy atom. The first-order valence-electron chi connectivity index (χ1n) is 9.93. The average molecular weight is 386 g/mol. The Labute approximate surface area is 164 Å². The van der Waals surface area contributed by atoms with Crippen LogP contribution in [0.15, 0.2) is 4.99 Å². The maximum absolute atomic E-state index is 11.6. The second kappa shape index (κ2) is 11.3. The van der Waals surface area contributed by atoms with Crippen LogP contribution >= 0.6 is 0 Å². The Kier molecular flexibility index (Phi) is 9.87. The molecule has 1 aliphatic heterocycles. The molecule has 1 rings (SSSR count). The number of carbonyl (C=O) groups excluding carboxylic acids is 1. The minimum absolute atomic E-state index is 0.0544. The van der Waals surface area contributed by atoms with Gasteiger partial charge in [0.15, 0.2) is 5.96 Å². The van der Waals surface area contributed by atoms with Gasteiger partial charge in [-0.15, -0.1) is 0 Å². The van der Waals surface area contributed by atoms with Crippen molar-refractivity contribution in [2.75, 3.05) is 53.5 Å². The number of nitrogens with one attached hydrogen (secondary N) is 3. The van der Waals surface area contributed by atoms with Gasteiger partial charge >= 0.3 is 6.09 Å². The number of amides is 1. The second-order valence-corrected chi connectivity index (χ2v) is 8.14. The van der Waals surface area contributed by atoms with E-state index in [1.54, 1.807) is 0 Å². The fourth-order valence-corrected chi connectivity index (χ4v) is 2.87. The number of rotatable bonds is 8. The van der Waals surface area contributed by atoms with Gasteiger partial charge in [0.1, 0.15) is 5.60 Å². The van der Waals surface area contributed by atoms with Crippen LogP contribution in [0.1, 0.15) is 47.0 Å². The molecule has 0 aromatic heterocycles. The van der Waals surface area contributed by atoms with Crippen LogP contribution in [-0.2, 0) is 9.47 Å². The summed E-state index contributed by atoms with van der Waals surface area (Å²) in [7, 11) is 4.23. The highest BCUT2D eigenvalue weighted by Crippen LogP contribution is 2.26. The van der Waals surface area contributed by atoms with Gasteiger partial charge < -0.3 is 30.3 Å². The lowest BCUT2D eigenvalue weighted by Gasteiger charge is -2.41. The third kappa shape index (κ3) is 9.28. The molecular weight excluding hydrogens is 346 g/mol. The van der Waals surface area contributed by atoms with E-state index in [0.717, 1.165) is 58.1 Å². The van der Waals surface area contributed by atoms with Crippen molar-refractivity contribution in [1.29, 1.82) is 0 Å². The summed E-state index contributed by atoms with van der Waals surface area (Å²) in [5.41, 5.74) is -0.418. The molecule has 8 nitrogen and oxygen atoms in total.